The van der Waals surface area contributed by atoms with Crippen LogP contribution in [0.3, 0.4) is 0 Å². The molecule has 0 saturated carbocycles. The molecule has 168 valence electrons. The minimum atomic E-state index is -1.13. The van der Waals surface area contributed by atoms with Gasteiger partial charge in [0.1, 0.15) is 18.1 Å². The van der Waals surface area contributed by atoms with Crippen molar-refractivity contribution in [2.24, 2.45) is 5.92 Å². The standard InChI is InChI=1S/C25H27ClN2O4/c1-17-15-18(2)28-24(27-17)31-16-22(23(29)30)25(3,20-7-5-4-6-8-20)32-14-13-19-9-11-21(26)12-10-19/h4-12,15,22H,13-14,16H2,1-3H3,(H,29,30)/t22-,25?/m1/s1. The summed E-state index contributed by atoms with van der Waals surface area (Å²) in [7, 11) is 0. The molecule has 1 unspecified atom stereocenters. The van der Waals surface area contributed by atoms with Crippen molar-refractivity contribution in [1.29, 1.82) is 0 Å². The van der Waals surface area contributed by atoms with Crippen molar-refractivity contribution >= 4 is 17.6 Å². The number of ether oxygens (including phenoxy) is 2. The van der Waals surface area contributed by atoms with Gasteiger partial charge >= 0.3 is 12.0 Å². The van der Waals surface area contributed by atoms with Gasteiger partial charge < -0.3 is 14.6 Å². The molecule has 0 spiro atoms. The summed E-state index contributed by atoms with van der Waals surface area (Å²) in [5.41, 5.74) is 2.19. The Balaban J connectivity index is 1.81. The lowest BCUT2D eigenvalue weighted by atomic mass is 9.82. The minimum absolute atomic E-state index is 0.134. The first-order chi connectivity index (χ1) is 15.3. The lowest BCUT2D eigenvalue weighted by Crippen LogP contribution is -2.43. The molecule has 0 fully saturated rings. The first-order valence-electron chi connectivity index (χ1n) is 10.4. The van der Waals surface area contributed by atoms with E-state index in [0.29, 0.717) is 18.1 Å². The number of carbonyl (C=O) groups is 1. The Morgan fingerprint density at radius 2 is 1.69 bits per heavy atom. The van der Waals surface area contributed by atoms with Crippen LogP contribution in [0.5, 0.6) is 6.01 Å². The number of nitrogens with zero attached hydrogens (tertiary/aromatic N) is 2. The highest BCUT2D eigenvalue weighted by molar-refractivity contribution is 6.30. The van der Waals surface area contributed by atoms with Crippen LogP contribution in [0.15, 0.2) is 60.7 Å². The highest BCUT2D eigenvalue weighted by Gasteiger charge is 2.42. The van der Waals surface area contributed by atoms with Gasteiger partial charge in [-0.1, -0.05) is 54.1 Å². The van der Waals surface area contributed by atoms with Gasteiger partial charge in [-0.15, -0.1) is 0 Å². The van der Waals surface area contributed by atoms with Crippen molar-refractivity contribution in [3.8, 4) is 6.01 Å². The summed E-state index contributed by atoms with van der Waals surface area (Å²) >= 11 is 5.96. The summed E-state index contributed by atoms with van der Waals surface area (Å²) in [5, 5.41) is 10.8. The summed E-state index contributed by atoms with van der Waals surface area (Å²) < 4.78 is 12.0. The Labute approximate surface area is 193 Å². The van der Waals surface area contributed by atoms with E-state index in [2.05, 4.69) is 9.97 Å². The molecular formula is C25H27ClN2O4. The molecule has 0 aliphatic heterocycles. The van der Waals surface area contributed by atoms with Gasteiger partial charge in [0.2, 0.25) is 0 Å². The van der Waals surface area contributed by atoms with Crippen LogP contribution in [0, 0.1) is 19.8 Å². The van der Waals surface area contributed by atoms with E-state index in [-0.39, 0.29) is 12.6 Å². The molecule has 0 amide bonds. The van der Waals surface area contributed by atoms with Crippen molar-refractivity contribution in [2.75, 3.05) is 13.2 Å². The maximum atomic E-state index is 12.3. The van der Waals surface area contributed by atoms with Gasteiger partial charge in [0, 0.05) is 16.4 Å². The SMILES string of the molecule is Cc1cc(C)nc(OC[C@H](C(=O)O)C(C)(OCCc2ccc(Cl)cc2)c2ccccc2)n1. The van der Waals surface area contributed by atoms with Crippen LogP contribution >= 0.6 is 11.6 Å². The molecule has 1 aromatic heterocycles. The van der Waals surface area contributed by atoms with Crippen LogP contribution in [-0.2, 0) is 21.6 Å². The van der Waals surface area contributed by atoms with Crippen LogP contribution in [-0.4, -0.2) is 34.3 Å². The van der Waals surface area contributed by atoms with Crippen LogP contribution in [0.1, 0.15) is 29.4 Å². The zero-order valence-electron chi connectivity index (χ0n) is 18.4. The van der Waals surface area contributed by atoms with Gasteiger partial charge in [-0.3, -0.25) is 4.79 Å². The van der Waals surface area contributed by atoms with Crippen molar-refractivity contribution in [2.45, 2.75) is 32.8 Å². The van der Waals surface area contributed by atoms with Gasteiger partial charge in [-0.05, 0) is 56.5 Å². The quantitative estimate of drug-likeness (QED) is 0.464. The highest BCUT2D eigenvalue weighted by atomic mass is 35.5. The Morgan fingerprint density at radius 1 is 1.06 bits per heavy atom. The molecular weight excluding hydrogens is 428 g/mol. The second-order valence-electron chi connectivity index (χ2n) is 7.83. The number of rotatable bonds is 10. The molecule has 1 N–H and O–H groups in total. The maximum Gasteiger partial charge on any atom is 0.316 e. The maximum absolute atomic E-state index is 12.3. The van der Waals surface area contributed by atoms with Crippen molar-refractivity contribution < 1.29 is 19.4 Å². The topological polar surface area (TPSA) is 81.5 Å². The number of aliphatic carboxylic acids is 1. The number of hydrogen-bond donors (Lipinski definition) is 1. The number of benzene rings is 2. The third-order valence-corrected chi connectivity index (χ3v) is 5.61. The Morgan fingerprint density at radius 3 is 2.28 bits per heavy atom. The molecule has 0 saturated heterocycles. The molecule has 0 radical (unpaired) electrons. The molecule has 3 rings (SSSR count). The molecule has 0 aliphatic carbocycles. The number of aromatic nitrogens is 2. The fourth-order valence-electron chi connectivity index (χ4n) is 3.57. The minimum Gasteiger partial charge on any atom is -0.481 e. The Kier molecular flexibility index (Phi) is 7.83. The number of carboxylic acids is 1. The second kappa shape index (κ2) is 10.6. The summed E-state index contributed by atoms with van der Waals surface area (Å²) in [6.07, 6.45) is 0.618. The molecule has 7 heteroatoms. The van der Waals surface area contributed by atoms with Crippen molar-refractivity contribution in [3.63, 3.8) is 0 Å². The van der Waals surface area contributed by atoms with Crippen molar-refractivity contribution in [1.82, 2.24) is 9.97 Å². The summed E-state index contributed by atoms with van der Waals surface area (Å²) in [4.78, 5) is 20.8. The monoisotopic (exact) mass is 454 g/mol. The molecule has 32 heavy (non-hydrogen) atoms. The van der Waals surface area contributed by atoms with Crippen LogP contribution < -0.4 is 4.74 Å². The first-order valence-corrected chi connectivity index (χ1v) is 10.8. The van der Waals surface area contributed by atoms with E-state index in [0.717, 1.165) is 22.5 Å². The lowest BCUT2D eigenvalue weighted by molar-refractivity contribution is -0.161. The summed E-state index contributed by atoms with van der Waals surface area (Å²) in [5.74, 6) is -2.01. The van der Waals surface area contributed by atoms with Crippen molar-refractivity contribution in [3.05, 3.63) is 88.2 Å². The molecule has 3 aromatic rings. The average molecular weight is 455 g/mol. The predicted octanol–water partition coefficient (Wildman–Crippen LogP) is 5.00. The normalized spacial score (nSPS) is 13.9. The smallest absolute Gasteiger partial charge is 0.316 e. The third-order valence-electron chi connectivity index (χ3n) is 5.36. The fourth-order valence-corrected chi connectivity index (χ4v) is 3.69. The molecule has 6 nitrogen and oxygen atoms in total. The van der Waals surface area contributed by atoms with E-state index in [1.165, 1.54) is 0 Å². The van der Waals surface area contributed by atoms with E-state index in [1.807, 2.05) is 74.5 Å². The summed E-state index contributed by atoms with van der Waals surface area (Å²) in [6, 6.07) is 18.8. The third kappa shape index (κ3) is 6.05. The number of aryl methyl sites for hydroxylation is 2. The molecule has 0 bridgehead atoms. The molecule has 2 atom stereocenters. The van der Waals surface area contributed by atoms with Crippen LogP contribution in [0.25, 0.3) is 0 Å². The lowest BCUT2D eigenvalue weighted by Gasteiger charge is -2.35. The fraction of sp³-hybridized carbons (Fsp3) is 0.320. The van der Waals surface area contributed by atoms with E-state index in [4.69, 9.17) is 21.1 Å². The number of hydrogen-bond acceptors (Lipinski definition) is 5. The Bertz CT molecular complexity index is 1020. The Hall–Kier alpha value is -2.96. The van der Waals surface area contributed by atoms with Gasteiger partial charge in [-0.2, -0.15) is 0 Å². The molecule has 2 aromatic carbocycles. The van der Waals surface area contributed by atoms with E-state index >= 15 is 0 Å². The average Bonchev–Trinajstić information content (AvgIpc) is 2.75. The van der Waals surface area contributed by atoms with E-state index < -0.39 is 17.5 Å². The first kappa shape index (κ1) is 23.7. The highest BCUT2D eigenvalue weighted by Crippen LogP contribution is 2.35. The van der Waals surface area contributed by atoms with Gasteiger partial charge in [0.15, 0.2) is 0 Å². The van der Waals surface area contributed by atoms with Gasteiger partial charge in [-0.25, -0.2) is 9.97 Å². The second-order valence-corrected chi connectivity index (χ2v) is 8.27. The van der Waals surface area contributed by atoms with E-state index in [9.17, 15) is 9.90 Å². The van der Waals surface area contributed by atoms with Crippen LogP contribution in [0.2, 0.25) is 5.02 Å². The van der Waals surface area contributed by atoms with E-state index in [1.54, 1.807) is 6.92 Å². The zero-order valence-corrected chi connectivity index (χ0v) is 19.2. The molecule has 0 aliphatic rings. The van der Waals surface area contributed by atoms with Gasteiger partial charge in [0.05, 0.1) is 6.61 Å². The molecule has 1 heterocycles. The predicted molar refractivity (Wildman–Crippen MR) is 123 cm³/mol. The summed E-state index contributed by atoms with van der Waals surface area (Å²) in [6.45, 7) is 5.66. The van der Waals surface area contributed by atoms with Gasteiger partial charge in [0.25, 0.3) is 0 Å². The number of halogens is 1. The number of carboxylic acid groups (broad SMARTS) is 1. The largest absolute Gasteiger partial charge is 0.481 e. The zero-order chi connectivity index (χ0) is 23.1. The van der Waals surface area contributed by atoms with Crippen LogP contribution in [0.4, 0.5) is 0 Å².